The van der Waals surface area contributed by atoms with E-state index in [0.29, 0.717) is 12.7 Å². The summed E-state index contributed by atoms with van der Waals surface area (Å²) < 4.78 is 37.2. The summed E-state index contributed by atoms with van der Waals surface area (Å²) >= 11 is 0. The maximum atomic E-state index is 12.4. The molecule has 0 saturated carbocycles. The second kappa shape index (κ2) is 6.40. The summed E-state index contributed by atoms with van der Waals surface area (Å²) in [6, 6.07) is 1.95. The second-order valence-corrected chi connectivity index (χ2v) is 4.93. The van der Waals surface area contributed by atoms with Gasteiger partial charge in [-0.25, -0.2) is 4.98 Å². The van der Waals surface area contributed by atoms with E-state index in [1.165, 1.54) is 5.06 Å². The summed E-state index contributed by atoms with van der Waals surface area (Å²) in [7, 11) is 1.67. The molecule has 21 heavy (non-hydrogen) atoms. The van der Waals surface area contributed by atoms with Gasteiger partial charge in [0.15, 0.2) is 5.60 Å². The van der Waals surface area contributed by atoms with Gasteiger partial charge in [-0.3, -0.25) is 9.63 Å². The van der Waals surface area contributed by atoms with Crippen molar-refractivity contribution in [1.29, 1.82) is 0 Å². The Bertz CT molecular complexity index is 486. The molecule has 5 nitrogen and oxygen atoms in total. The number of anilines is 1. The van der Waals surface area contributed by atoms with E-state index in [0.717, 1.165) is 12.1 Å². The third-order valence-electron chi connectivity index (χ3n) is 2.71. The SMILES string of the molecule is CCN(C)OC(C)(C)C(=O)Nc1ccc(C(F)(F)F)cn1. The fourth-order valence-corrected chi connectivity index (χ4v) is 1.40. The lowest BCUT2D eigenvalue weighted by Crippen LogP contribution is -2.44. The molecule has 1 aromatic heterocycles. The molecule has 1 N–H and O–H groups in total. The predicted molar refractivity (Wildman–Crippen MR) is 71.3 cm³/mol. The quantitative estimate of drug-likeness (QED) is 0.850. The van der Waals surface area contributed by atoms with Gasteiger partial charge in [-0.05, 0) is 26.0 Å². The zero-order chi connectivity index (χ0) is 16.3. The molecule has 0 spiro atoms. The van der Waals surface area contributed by atoms with Crippen LogP contribution in [0.3, 0.4) is 0 Å². The Kier molecular flexibility index (Phi) is 5.30. The lowest BCUT2D eigenvalue weighted by molar-refractivity contribution is -0.214. The van der Waals surface area contributed by atoms with Crippen LogP contribution < -0.4 is 5.32 Å². The number of rotatable bonds is 5. The predicted octanol–water partition coefficient (Wildman–Crippen LogP) is 2.70. The minimum Gasteiger partial charge on any atom is -0.308 e. The number of pyridine rings is 1. The zero-order valence-corrected chi connectivity index (χ0v) is 12.3. The van der Waals surface area contributed by atoms with E-state index in [1.54, 1.807) is 20.9 Å². The van der Waals surface area contributed by atoms with Gasteiger partial charge >= 0.3 is 6.18 Å². The lowest BCUT2D eigenvalue weighted by atomic mass is 10.1. The topological polar surface area (TPSA) is 54.5 Å². The first-order chi connectivity index (χ1) is 9.56. The number of carbonyl (C=O) groups is 1. The number of aromatic nitrogens is 1. The normalized spacial score (nSPS) is 12.6. The Hall–Kier alpha value is -1.67. The minimum absolute atomic E-state index is 0.0313. The van der Waals surface area contributed by atoms with Gasteiger partial charge in [-0.2, -0.15) is 18.2 Å². The van der Waals surface area contributed by atoms with E-state index >= 15 is 0 Å². The van der Waals surface area contributed by atoms with E-state index < -0.39 is 23.2 Å². The molecule has 0 bridgehead atoms. The van der Waals surface area contributed by atoms with Crippen LogP contribution in [0.25, 0.3) is 0 Å². The average Bonchev–Trinajstić information content (AvgIpc) is 2.37. The molecule has 118 valence electrons. The fourth-order valence-electron chi connectivity index (χ4n) is 1.40. The van der Waals surface area contributed by atoms with Crippen LogP contribution in [0.5, 0.6) is 0 Å². The Balaban J connectivity index is 2.75. The maximum Gasteiger partial charge on any atom is 0.417 e. The number of alkyl halides is 3. The van der Waals surface area contributed by atoms with Crippen LogP contribution in [0.15, 0.2) is 18.3 Å². The van der Waals surface area contributed by atoms with Gasteiger partial charge in [-0.1, -0.05) is 6.92 Å². The summed E-state index contributed by atoms with van der Waals surface area (Å²) in [4.78, 5) is 21.0. The zero-order valence-electron chi connectivity index (χ0n) is 12.3. The van der Waals surface area contributed by atoms with E-state index in [1.807, 2.05) is 6.92 Å². The monoisotopic (exact) mass is 305 g/mol. The highest BCUT2D eigenvalue weighted by Gasteiger charge is 2.32. The first-order valence-corrected chi connectivity index (χ1v) is 6.31. The van der Waals surface area contributed by atoms with Gasteiger partial charge in [-0.15, -0.1) is 0 Å². The van der Waals surface area contributed by atoms with Crippen molar-refractivity contribution in [3.05, 3.63) is 23.9 Å². The summed E-state index contributed by atoms with van der Waals surface area (Å²) in [5.74, 6) is -0.473. The van der Waals surface area contributed by atoms with Crippen molar-refractivity contribution in [3.63, 3.8) is 0 Å². The Morgan fingerprint density at radius 3 is 2.43 bits per heavy atom. The Labute approximate surface area is 121 Å². The van der Waals surface area contributed by atoms with Gasteiger partial charge in [0.1, 0.15) is 5.82 Å². The van der Waals surface area contributed by atoms with Crippen LogP contribution >= 0.6 is 0 Å². The molecule has 1 rings (SSSR count). The van der Waals surface area contributed by atoms with Crippen molar-refractivity contribution < 1.29 is 22.8 Å². The van der Waals surface area contributed by atoms with Crippen molar-refractivity contribution in [2.24, 2.45) is 0 Å². The number of carbonyl (C=O) groups excluding carboxylic acids is 1. The highest BCUT2D eigenvalue weighted by molar-refractivity contribution is 5.95. The molecule has 8 heteroatoms. The minimum atomic E-state index is -4.46. The van der Waals surface area contributed by atoms with Crippen LogP contribution in [0, 0.1) is 0 Å². The molecule has 1 amide bonds. The number of hydroxylamine groups is 2. The van der Waals surface area contributed by atoms with Gasteiger partial charge in [0.2, 0.25) is 0 Å². The smallest absolute Gasteiger partial charge is 0.308 e. The molecule has 0 aliphatic rings. The second-order valence-electron chi connectivity index (χ2n) is 4.93. The summed E-state index contributed by atoms with van der Waals surface area (Å²) in [6.07, 6.45) is -3.79. The van der Waals surface area contributed by atoms with Crippen molar-refractivity contribution in [3.8, 4) is 0 Å². The molecule has 0 unspecified atom stereocenters. The lowest BCUT2D eigenvalue weighted by Gasteiger charge is -2.28. The third kappa shape index (κ3) is 4.98. The van der Waals surface area contributed by atoms with Crippen molar-refractivity contribution in [2.45, 2.75) is 32.5 Å². The number of hydrogen-bond donors (Lipinski definition) is 1. The maximum absolute atomic E-state index is 12.4. The van der Waals surface area contributed by atoms with Gasteiger partial charge in [0.25, 0.3) is 5.91 Å². The van der Waals surface area contributed by atoms with E-state index in [9.17, 15) is 18.0 Å². The number of amides is 1. The molecule has 0 aliphatic heterocycles. The Morgan fingerprint density at radius 2 is 2.00 bits per heavy atom. The van der Waals surface area contributed by atoms with Crippen LogP contribution in [-0.4, -0.2) is 35.1 Å². The number of nitrogens with one attached hydrogen (secondary N) is 1. The highest BCUT2D eigenvalue weighted by atomic mass is 19.4. The van der Waals surface area contributed by atoms with Crippen LogP contribution in [-0.2, 0) is 15.8 Å². The third-order valence-corrected chi connectivity index (χ3v) is 2.71. The molecule has 0 fully saturated rings. The van der Waals surface area contributed by atoms with Crippen molar-refractivity contribution in [2.75, 3.05) is 18.9 Å². The first-order valence-electron chi connectivity index (χ1n) is 6.31. The Morgan fingerprint density at radius 1 is 1.38 bits per heavy atom. The van der Waals surface area contributed by atoms with Crippen LogP contribution in [0.1, 0.15) is 26.3 Å². The van der Waals surface area contributed by atoms with Gasteiger partial charge in [0, 0.05) is 19.8 Å². The van der Waals surface area contributed by atoms with Crippen LogP contribution in [0.2, 0.25) is 0 Å². The summed E-state index contributed by atoms with van der Waals surface area (Å²) in [5.41, 5.74) is -2.04. The first kappa shape index (κ1) is 17.4. The fraction of sp³-hybridized carbons (Fsp3) is 0.538. The summed E-state index contributed by atoms with van der Waals surface area (Å²) in [5, 5.41) is 3.91. The summed E-state index contributed by atoms with van der Waals surface area (Å²) in [6.45, 7) is 5.54. The molecular weight excluding hydrogens is 287 g/mol. The molecule has 0 radical (unpaired) electrons. The van der Waals surface area contributed by atoms with Crippen molar-refractivity contribution >= 4 is 11.7 Å². The molecule has 1 aromatic rings. The largest absolute Gasteiger partial charge is 0.417 e. The van der Waals surface area contributed by atoms with Crippen LogP contribution in [0.4, 0.5) is 19.0 Å². The standard InChI is InChI=1S/C13H18F3N3O2/c1-5-19(4)21-12(2,3)11(20)18-10-7-6-9(8-17-10)13(14,15)16/h6-8H,5H2,1-4H3,(H,17,18,20). The van der Waals surface area contributed by atoms with E-state index in [2.05, 4.69) is 10.3 Å². The molecule has 0 aliphatic carbocycles. The van der Waals surface area contributed by atoms with E-state index in [4.69, 9.17) is 4.84 Å². The number of hydrogen-bond acceptors (Lipinski definition) is 4. The van der Waals surface area contributed by atoms with Gasteiger partial charge in [0.05, 0.1) is 5.56 Å². The van der Waals surface area contributed by atoms with Crippen molar-refractivity contribution in [1.82, 2.24) is 10.0 Å². The van der Waals surface area contributed by atoms with Gasteiger partial charge < -0.3 is 5.32 Å². The highest BCUT2D eigenvalue weighted by Crippen LogP contribution is 2.29. The number of nitrogens with zero attached hydrogens (tertiary/aromatic N) is 2. The molecule has 0 aromatic carbocycles. The molecular formula is C13H18F3N3O2. The average molecular weight is 305 g/mol. The van der Waals surface area contributed by atoms with E-state index in [-0.39, 0.29) is 5.82 Å². The molecule has 1 heterocycles. The molecule has 0 atom stereocenters. The molecule has 0 saturated heterocycles. The number of halogens is 3.